The summed E-state index contributed by atoms with van der Waals surface area (Å²) in [6.45, 7) is 6.23. The molecule has 0 unspecified atom stereocenters. The molecule has 6 nitrogen and oxygen atoms in total. The van der Waals surface area contributed by atoms with E-state index < -0.39 is 12.0 Å². The number of aryl methyl sites for hydroxylation is 2. The van der Waals surface area contributed by atoms with E-state index in [0.717, 1.165) is 22.4 Å². The molecule has 3 aromatic rings. The van der Waals surface area contributed by atoms with Crippen molar-refractivity contribution in [3.63, 3.8) is 0 Å². The summed E-state index contributed by atoms with van der Waals surface area (Å²) >= 11 is 6.01. The summed E-state index contributed by atoms with van der Waals surface area (Å²) in [6, 6.07) is 21.4. The second-order valence-corrected chi connectivity index (χ2v) is 9.31. The fourth-order valence-electron chi connectivity index (χ4n) is 4.24. The molecule has 0 saturated carbocycles. The van der Waals surface area contributed by atoms with Crippen molar-refractivity contribution in [1.29, 1.82) is 0 Å². The number of anilines is 1. The van der Waals surface area contributed by atoms with Crippen molar-refractivity contribution < 1.29 is 19.1 Å². The molecule has 2 amide bonds. The third-order valence-electron chi connectivity index (χ3n) is 6.02. The molecule has 0 aromatic heterocycles. The summed E-state index contributed by atoms with van der Waals surface area (Å²) in [5.41, 5.74) is 4.21. The van der Waals surface area contributed by atoms with Gasteiger partial charge in [-0.1, -0.05) is 60.1 Å². The molecule has 0 aliphatic rings. The number of para-hydroxylation sites is 1. The number of rotatable bonds is 11. The first kappa shape index (κ1) is 27.9. The fraction of sp³-hybridized carbons (Fsp3) is 0.300. The number of hydrogen-bond acceptors (Lipinski definition) is 4. The van der Waals surface area contributed by atoms with E-state index in [-0.39, 0.29) is 24.8 Å². The lowest BCUT2D eigenvalue weighted by Crippen LogP contribution is -2.43. The van der Waals surface area contributed by atoms with E-state index >= 15 is 0 Å². The van der Waals surface area contributed by atoms with Crippen LogP contribution >= 0.6 is 11.6 Å². The maximum absolute atomic E-state index is 13.5. The molecule has 3 aromatic carbocycles. The minimum absolute atomic E-state index is 0.153. The Morgan fingerprint density at radius 1 is 0.919 bits per heavy atom. The molecule has 7 heteroatoms. The standard InChI is InChI=1S/C30H33ClN2O4/c1-4-37-30(36)26(20-23-12-6-5-7-13-23)32-27(34)14-9-19-33(28-21(2)10-8-11-22(28)3)29(35)24-15-17-25(31)18-16-24/h5-8,10-13,15-18,26H,4,9,14,19-20H2,1-3H3,(H,32,34)/t26-/m0/s1. The Morgan fingerprint density at radius 3 is 2.19 bits per heavy atom. The van der Waals surface area contributed by atoms with E-state index in [1.54, 1.807) is 36.1 Å². The molecule has 0 bridgehead atoms. The maximum atomic E-state index is 13.5. The highest BCUT2D eigenvalue weighted by Gasteiger charge is 2.24. The van der Waals surface area contributed by atoms with Crippen molar-refractivity contribution in [2.45, 2.75) is 46.1 Å². The highest BCUT2D eigenvalue weighted by atomic mass is 35.5. The summed E-state index contributed by atoms with van der Waals surface area (Å²) in [4.78, 5) is 40.6. The average Bonchev–Trinajstić information content (AvgIpc) is 2.88. The lowest BCUT2D eigenvalue weighted by molar-refractivity contribution is -0.147. The maximum Gasteiger partial charge on any atom is 0.328 e. The SMILES string of the molecule is CCOC(=O)[C@H](Cc1ccccc1)NC(=O)CCCN(C(=O)c1ccc(Cl)cc1)c1c(C)cccc1C. The molecule has 0 spiro atoms. The van der Waals surface area contributed by atoms with Gasteiger partial charge in [-0.15, -0.1) is 0 Å². The summed E-state index contributed by atoms with van der Waals surface area (Å²) in [5, 5.41) is 3.38. The molecular formula is C30H33ClN2O4. The van der Waals surface area contributed by atoms with Gasteiger partial charge in [0.1, 0.15) is 6.04 Å². The topological polar surface area (TPSA) is 75.7 Å². The summed E-state index contributed by atoms with van der Waals surface area (Å²) < 4.78 is 5.18. The fourth-order valence-corrected chi connectivity index (χ4v) is 4.37. The van der Waals surface area contributed by atoms with Crippen molar-refractivity contribution in [2.75, 3.05) is 18.1 Å². The molecule has 0 fully saturated rings. The van der Waals surface area contributed by atoms with Gasteiger partial charge in [0.15, 0.2) is 0 Å². The Bertz CT molecular complexity index is 1190. The van der Waals surface area contributed by atoms with Gasteiger partial charge in [0.2, 0.25) is 5.91 Å². The molecule has 37 heavy (non-hydrogen) atoms. The minimum atomic E-state index is -0.778. The summed E-state index contributed by atoms with van der Waals surface area (Å²) in [6.07, 6.45) is 0.912. The van der Waals surface area contributed by atoms with Crippen molar-refractivity contribution in [1.82, 2.24) is 5.32 Å². The molecule has 194 valence electrons. The Hall–Kier alpha value is -3.64. The Labute approximate surface area is 223 Å². The summed E-state index contributed by atoms with van der Waals surface area (Å²) in [5.74, 6) is -0.896. The molecule has 0 aliphatic carbocycles. The Morgan fingerprint density at radius 2 is 1.57 bits per heavy atom. The molecule has 3 rings (SSSR count). The van der Waals surface area contributed by atoms with Crippen LogP contribution in [0.15, 0.2) is 72.8 Å². The lowest BCUT2D eigenvalue weighted by atomic mass is 10.0. The minimum Gasteiger partial charge on any atom is -0.464 e. The molecule has 1 N–H and O–H groups in total. The zero-order valence-electron chi connectivity index (χ0n) is 21.5. The van der Waals surface area contributed by atoms with Gasteiger partial charge >= 0.3 is 5.97 Å². The van der Waals surface area contributed by atoms with Gasteiger partial charge in [-0.3, -0.25) is 9.59 Å². The van der Waals surface area contributed by atoms with E-state index in [1.807, 2.05) is 62.4 Å². The molecule has 0 radical (unpaired) electrons. The van der Waals surface area contributed by atoms with Crippen molar-refractivity contribution in [2.24, 2.45) is 0 Å². The van der Waals surface area contributed by atoms with Crippen LogP contribution in [0.5, 0.6) is 0 Å². The zero-order valence-corrected chi connectivity index (χ0v) is 22.3. The van der Waals surface area contributed by atoms with Crippen LogP contribution in [0.1, 0.15) is 46.8 Å². The van der Waals surface area contributed by atoms with E-state index in [1.165, 1.54) is 0 Å². The van der Waals surface area contributed by atoms with Crippen molar-refractivity contribution >= 4 is 35.1 Å². The van der Waals surface area contributed by atoms with Crippen LogP contribution in [0.2, 0.25) is 5.02 Å². The number of esters is 1. The average molecular weight is 521 g/mol. The smallest absolute Gasteiger partial charge is 0.328 e. The van der Waals surface area contributed by atoms with Crippen molar-refractivity contribution in [3.05, 3.63) is 100 Å². The number of carbonyl (C=O) groups is 3. The normalized spacial score (nSPS) is 11.5. The van der Waals surface area contributed by atoms with Gasteiger partial charge in [0.25, 0.3) is 5.91 Å². The second-order valence-electron chi connectivity index (χ2n) is 8.87. The highest BCUT2D eigenvalue weighted by molar-refractivity contribution is 6.30. The van der Waals surface area contributed by atoms with E-state index in [4.69, 9.17) is 16.3 Å². The Kier molecular flexibility index (Phi) is 10.3. The molecular weight excluding hydrogens is 488 g/mol. The number of ether oxygens (including phenoxy) is 1. The quantitative estimate of drug-likeness (QED) is 0.330. The van der Waals surface area contributed by atoms with Crippen LogP contribution in [0.3, 0.4) is 0 Å². The number of benzene rings is 3. The monoisotopic (exact) mass is 520 g/mol. The number of halogens is 1. The van der Waals surface area contributed by atoms with Gasteiger partial charge in [0, 0.05) is 35.7 Å². The number of nitrogens with one attached hydrogen (secondary N) is 1. The number of nitrogens with zero attached hydrogens (tertiary/aromatic N) is 1. The van der Waals surface area contributed by atoms with Gasteiger partial charge in [0.05, 0.1) is 6.61 Å². The van der Waals surface area contributed by atoms with Crippen LogP contribution in [-0.4, -0.2) is 37.0 Å². The Balaban J connectivity index is 1.71. The van der Waals surface area contributed by atoms with E-state index in [2.05, 4.69) is 5.32 Å². The van der Waals surface area contributed by atoms with Crippen molar-refractivity contribution in [3.8, 4) is 0 Å². The zero-order chi connectivity index (χ0) is 26.8. The van der Waals surface area contributed by atoms with E-state index in [0.29, 0.717) is 30.0 Å². The van der Waals surface area contributed by atoms with Crippen LogP contribution in [0.25, 0.3) is 0 Å². The first-order chi connectivity index (χ1) is 17.8. The lowest BCUT2D eigenvalue weighted by Gasteiger charge is -2.27. The first-order valence-electron chi connectivity index (χ1n) is 12.4. The second kappa shape index (κ2) is 13.6. The number of hydrogen-bond donors (Lipinski definition) is 1. The van der Waals surface area contributed by atoms with Crippen LogP contribution in [0, 0.1) is 13.8 Å². The van der Waals surface area contributed by atoms with Gasteiger partial charge in [-0.05, 0) is 68.1 Å². The predicted molar refractivity (Wildman–Crippen MR) is 147 cm³/mol. The van der Waals surface area contributed by atoms with Crippen LogP contribution in [-0.2, 0) is 20.7 Å². The number of amides is 2. The van der Waals surface area contributed by atoms with Crippen LogP contribution in [0.4, 0.5) is 5.69 Å². The molecule has 0 aliphatic heterocycles. The summed E-state index contributed by atoms with van der Waals surface area (Å²) in [7, 11) is 0. The highest BCUT2D eigenvalue weighted by Crippen LogP contribution is 2.27. The van der Waals surface area contributed by atoms with E-state index in [9.17, 15) is 14.4 Å². The molecule has 1 atom stereocenters. The first-order valence-corrected chi connectivity index (χ1v) is 12.8. The number of carbonyl (C=O) groups excluding carboxylic acids is 3. The molecule has 0 saturated heterocycles. The predicted octanol–water partition coefficient (Wildman–Crippen LogP) is 5.67. The van der Waals surface area contributed by atoms with Crippen LogP contribution < -0.4 is 10.2 Å². The third-order valence-corrected chi connectivity index (χ3v) is 6.27. The third kappa shape index (κ3) is 7.92. The van der Waals surface area contributed by atoms with Gasteiger partial charge in [-0.25, -0.2) is 4.79 Å². The van der Waals surface area contributed by atoms with Gasteiger partial charge < -0.3 is 15.0 Å². The van der Waals surface area contributed by atoms with Gasteiger partial charge in [-0.2, -0.15) is 0 Å². The molecule has 0 heterocycles. The largest absolute Gasteiger partial charge is 0.464 e.